The Balaban J connectivity index is 1.81. The largest absolute Gasteiger partial charge is 0.461 e. The summed E-state index contributed by atoms with van der Waals surface area (Å²) in [6.07, 6.45) is 6.02. The molecule has 0 aliphatic heterocycles. The second kappa shape index (κ2) is 6.87. The number of halogens is 1. The topological polar surface area (TPSA) is 56.5 Å². The predicted molar refractivity (Wildman–Crippen MR) is 88.8 cm³/mol. The molecular weight excluding hydrogens is 314 g/mol. The molecule has 2 heterocycles. The number of fused-ring (bicyclic) bond motifs is 1. The molecule has 0 amide bonds. The van der Waals surface area contributed by atoms with Crippen molar-refractivity contribution in [3.05, 3.63) is 28.7 Å². The van der Waals surface area contributed by atoms with Gasteiger partial charge < -0.3 is 4.74 Å². The highest BCUT2D eigenvalue weighted by Gasteiger charge is 2.20. The van der Waals surface area contributed by atoms with Crippen LogP contribution in [0.15, 0.2) is 12.1 Å². The van der Waals surface area contributed by atoms with Crippen molar-refractivity contribution in [2.24, 2.45) is 11.8 Å². The number of aromatic nitrogens is 3. The fourth-order valence-electron chi connectivity index (χ4n) is 3.22. The normalized spacial score (nSPS) is 21.5. The molecule has 124 valence electrons. The minimum absolute atomic E-state index is 0.241. The van der Waals surface area contributed by atoms with E-state index in [4.69, 9.17) is 16.3 Å². The highest BCUT2D eigenvalue weighted by molar-refractivity contribution is 6.29. The van der Waals surface area contributed by atoms with Crippen molar-refractivity contribution < 1.29 is 9.53 Å². The molecule has 23 heavy (non-hydrogen) atoms. The Morgan fingerprint density at radius 1 is 1.35 bits per heavy atom. The van der Waals surface area contributed by atoms with E-state index in [1.807, 2.05) is 6.07 Å². The second-order valence-electron chi connectivity index (χ2n) is 6.42. The molecule has 1 fully saturated rings. The van der Waals surface area contributed by atoms with Gasteiger partial charge in [-0.05, 0) is 44.1 Å². The lowest BCUT2D eigenvalue weighted by atomic mass is 9.81. The number of esters is 1. The summed E-state index contributed by atoms with van der Waals surface area (Å²) in [5, 5.41) is 4.65. The van der Waals surface area contributed by atoms with Crippen LogP contribution in [0.25, 0.3) is 5.65 Å². The monoisotopic (exact) mass is 335 g/mol. The SMILES string of the molecule is CCOC(=O)c1cc2nc(CC3CCC(C)CC3)cc(Cl)n2n1. The zero-order chi connectivity index (χ0) is 16.4. The molecule has 0 bridgehead atoms. The fourth-order valence-corrected chi connectivity index (χ4v) is 3.47. The lowest BCUT2D eigenvalue weighted by Gasteiger charge is -2.25. The van der Waals surface area contributed by atoms with Crippen LogP contribution in [0.5, 0.6) is 0 Å². The Hall–Kier alpha value is -1.62. The van der Waals surface area contributed by atoms with Crippen LogP contribution in [0.3, 0.4) is 0 Å². The first-order valence-electron chi connectivity index (χ1n) is 8.29. The first-order chi connectivity index (χ1) is 11.1. The summed E-state index contributed by atoms with van der Waals surface area (Å²) < 4.78 is 6.46. The van der Waals surface area contributed by atoms with Crippen LogP contribution in [0.1, 0.15) is 55.7 Å². The van der Waals surface area contributed by atoms with E-state index < -0.39 is 5.97 Å². The average Bonchev–Trinajstić information content (AvgIpc) is 2.95. The summed E-state index contributed by atoms with van der Waals surface area (Å²) in [5.74, 6) is 1.06. The Morgan fingerprint density at radius 3 is 2.78 bits per heavy atom. The van der Waals surface area contributed by atoms with Crippen LogP contribution in [0.2, 0.25) is 5.15 Å². The minimum atomic E-state index is -0.447. The third-order valence-electron chi connectivity index (χ3n) is 4.55. The summed E-state index contributed by atoms with van der Waals surface area (Å²) in [4.78, 5) is 16.4. The van der Waals surface area contributed by atoms with Gasteiger partial charge in [0.05, 0.1) is 6.61 Å². The average molecular weight is 336 g/mol. The van der Waals surface area contributed by atoms with Crippen molar-refractivity contribution in [3.8, 4) is 0 Å². The van der Waals surface area contributed by atoms with Gasteiger partial charge in [-0.2, -0.15) is 5.10 Å². The van der Waals surface area contributed by atoms with Gasteiger partial charge in [-0.1, -0.05) is 31.4 Å². The number of nitrogens with zero attached hydrogens (tertiary/aromatic N) is 3. The molecule has 0 saturated heterocycles. The lowest BCUT2D eigenvalue weighted by molar-refractivity contribution is 0.0519. The maximum absolute atomic E-state index is 11.8. The second-order valence-corrected chi connectivity index (χ2v) is 6.81. The van der Waals surface area contributed by atoms with Crippen LogP contribution in [0, 0.1) is 11.8 Å². The molecule has 6 heteroatoms. The van der Waals surface area contributed by atoms with Gasteiger partial charge in [0, 0.05) is 11.8 Å². The summed E-state index contributed by atoms with van der Waals surface area (Å²) in [6.45, 7) is 4.40. The molecule has 1 aliphatic carbocycles. The first kappa shape index (κ1) is 16.2. The fraction of sp³-hybridized carbons (Fsp3) is 0.588. The quantitative estimate of drug-likeness (QED) is 0.627. The number of ether oxygens (including phenoxy) is 1. The predicted octanol–water partition coefficient (Wildman–Crippen LogP) is 3.93. The van der Waals surface area contributed by atoms with Gasteiger partial charge in [-0.25, -0.2) is 14.3 Å². The van der Waals surface area contributed by atoms with Crippen molar-refractivity contribution in [3.63, 3.8) is 0 Å². The molecular formula is C17H22ClN3O2. The van der Waals surface area contributed by atoms with Crippen molar-refractivity contribution in [2.75, 3.05) is 6.61 Å². The van der Waals surface area contributed by atoms with Crippen LogP contribution in [-0.2, 0) is 11.2 Å². The molecule has 0 N–H and O–H groups in total. The zero-order valence-electron chi connectivity index (χ0n) is 13.6. The van der Waals surface area contributed by atoms with Crippen LogP contribution >= 0.6 is 11.6 Å². The molecule has 0 spiro atoms. The summed E-state index contributed by atoms with van der Waals surface area (Å²) in [7, 11) is 0. The van der Waals surface area contributed by atoms with Crippen molar-refractivity contribution in [1.29, 1.82) is 0 Å². The van der Waals surface area contributed by atoms with E-state index in [-0.39, 0.29) is 5.69 Å². The zero-order valence-corrected chi connectivity index (χ0v) is 14.3. The van der Waals surface area contributed by atoms with E-state index >= 15 is 0 Å². The standard InChI is InChI=1S/C17H22ClN3O2/c1-3-23-17(22)14-10-16-19-13(9-15(18)21(16)20-14)8-12-6-4-11(2)5-7-12/h9-12H,3-8H2,1-2H3. The maximum Gasteiger partial charge on any atom is 0.358 e. The number of hydrogen-bond donors (Lipinski definition) is 0. The highest BCUT2D eigenvalue weighted by atomic mass is 35.5. The van der Waals surface area contributed by atoms with Gasteiger partial charge >= 0.3 is 5.97 Å². The van der Waals surface area contributed by atoms with E-state index in [0.29, 0.717) is 23.3 Å². The lowest BCUT2D eigenvalue weighted by Crippen LogP contribution is -2.15. The van der Waals surface area contributed by atoms with E-state index in [1.54, 1.807) is 13.0 Å². The van der Waals surface area contributed by atoms with Crippen molar-refractivity contribution >= 4 is 23.2 Å². The highest BCUT2D eigenvalue weighted by Crippen LogP contribution is 2.30. The molecule has 5 nitrogen and oxygen atoms in total. The van der Waals surface area contributed by atoms with E-state index in [9.17, 15) is 4.79 Å². The first-order valence-corrected chi connectivity index (χ1v) is 8.67. The van der Waals surface area contributed by atoms with Gasteiger partial charge in [0.1, 0.15) is 5.15 Å². The van der Waals surface area contributed by atoms with Gasteiger partial charge in [0.2, 0.25) is 0 Å². The Bertz CT molecular complexity index is 705. The van der Waals surface area contributed by atoms with Gasteiger partial charge in [-0.15, -0.1) is 0 Å². The molecule has 1 aliphatic rings. The van der Waals surface area contributed by atoms with Gasteiger partial charge in [0.15, 0.2) is 11.3 Å². The molecule has 0 atom stereocenters. The Kier molecular flexibility index (Phi) is 4.85. The summed E-state index contributed by atoms with van der Waals surface area (Å²) >= 11 is 6.31. The molecule has 2 aromatic heterocycles. The smallest absolute Gasteiger partial charge is 0.358 e. The summed E-state index contributed by atoms with van der Waals surface area (Å²) in [5.41, 5.74) is 1.81. The van der Waals surface area contributed by atoms with Crippen LogP contribution < -0.4 is 0 Å². The van der Waals surface area contributed by atoms with Crippen LogP contribution in [0.4, 0.5) is 0 Å². The maximum atomic E-state index is 11.8. The molecule has 2 aromatic rings. The number of carbonyl (C=O) groups is 1. The van der Waals surface area contributed by atoms with E-state index in [1.165, 1.54) is 30.2 Å². The molecule has 3 rings (SSSR count). The number of rotatable bonds is 4. The molecule has 1 saturated carbocycles. The third kappa shape index (κ3) is 3.66. The van der Waals surface area contributed by atoms with E-state index in [2.05, 4.69) is 17.0 Å². The Labute approximate surface area is 141 Å². The Morgan fingerprint density at radius 2 is 2.09 bits per heavy atom. The van der Waals surface area contributed by atoms with Crippen molar-refractivity contribution in [1.82, 2.24) is 14.6 Å². The summed E-state index contributed by atoms with van der Waals surface area (Å²) in [6, 6.07) is 3.49. The minimum Gasteiger partial charge on any atom is -0.461 e. The van der Waals surface area contributed by atoms with Crippen molar-refractivity contribution in [2.45, 2.75) is 46.0 Å². The molecule has 0 aromatic carbocycles. The third-order valence-corrected chi connectivity index (χ3v) is 4.82. The molecule has 0 unspecified atom stereocenters. The molecule has 0 radical (unpaired) electrons. The number of carbonyl (C=O) groups excluding carboxylic acids is 1. The number of hydrogen-bond acceptors (Lipinski definition) is 4. The van der Waals surface area contributed by atoms with E-state index in [0.717, 1.165) is 18.0 Å². The van der Waals surface area contributed by atoms with Gasteiger partial charge in [-0.3, -0.25) is 0 Å². The van der Waals surface area contributed by atoms with Crippen LogP contribution in [-0.4, -0.2) is 27.2 Å². The van der Waals surface area contributed by atoms with Gasteiger partial charge in [0.25, 0.3) is 0 Å².